The predicted molar refractivity (Wildman–Crippen MR) is 125 cm³/mol. The van der Waals surface area contributed by atoms with Crippen LogP contribution >= 0.6 is 0 Å². The number of unbranched alkanes of at least 4 members (excludes halogenated alkanes) is 3. The molecule has 2 rings (SSSR count). The number of carboxylic acid groups (broad SMARTS) is 1. The summed E-state index contributed by atoms with van der Waals surface area (Å²) in [5, 5.41) is 19.1. The van der Waals surface area contributed by atoms with Gasteiger partial charge in [0.25, 0.3) is 0 Å². The Morgan fingerprint density at radius 3 is 2.65 bits per heavy atom. The lowest BCUT2D eigenvalue weighted by Gasteiger charge is -2.21. The van der Waals surface area contributed by atoms with Crippen LogP contribution in [0, 0.1) is 17.8 Å². The van der Waals surface area contributed by atoms with Crippen molar-refractivity contribution in [2.75, 3.05) is 0 Å². The third-order valence-corrected chi connectivity index (χ3v) is 6.20. The highest BCUT2D eigenvalue weighted by atomic mass is 16.4. The summed E-state index contributed by atoms with van der Waals surface area (Å²) in [5.74, 6) is -0.169. The molecule has 31 heavy (non-hydrogen) atoms. The first kappa shape index (κ1) is 25.1. The van der Waals surface area contributed by atoms with Crippen molar-refractivity contribution in [2.45, 2.75) is 77.2 Å². The van der Waals surface area contributed by atoms with E-state index >= 15 is 0 Å². The highest BCUT2D eigenvalue weighted by Crippen LogP contribution is 2.40. The molecule has 1 aromatic carbocycles. The summed E-state index contributed by atoms with van der Waals surface area (Å²) >= 11 is 0. The zero-order valence-corrected chi connectivity index (χ0v) is 18.8. The number of Topliss-reactive ketones (excluding diaryl/α,β-unsaturated/α-hetero) is 1. The highest BCUT2D eigenvalue weighted by molar-refractivity contribution is 5.84. The van der Waals surface area contributed by atoms with Crippen LogP contribution in [0.5, 0.6) is 0 Å². The van der Waals surface area contributed by atoms with Crippen molar-refractivity contribution in [3.63, 3.8) is 0 Å². The summed E-state index contributed by atoms with van der Waals surface area (Å²) in [7, 11) is 0. The standard InChI is InChI=1S/C27H38O4/c1-2-3-7-14-23(28)17-18-24-22(19-21-12-8-6-9-13-21)20-26(29)25(24)15-10-4-5-11-16-27(30)31/h4,6,8-10,12-13,17-18,22-25,28H,2-3,5,7,11,14-16,19-20H2,1H3,(H,30,31). The van der Waals surface area contributed by atoms with E-state index in [1.54, 1.807) is 0 Å². The number of carboxylic acids is 1. The second-order valence-electron chi connectivity index (χ2n) is 8.75. The molecular formula is C27H38O4. The van der Waals surface area contributed by atoms with Gasteiger partial charge < -0.3 is 10.2 Å². The molecule has 1 aromatic rings. The molecule has 1 aliphatic rings. The van der Waals surface area contributed by atoms with Crippen LogP contribution in [0.25, 0.3) is 0 Å². The van der Waals surface area contributed by atoms with Crippen LogP contribution in [0.15, 0.2) is 54.6 Å². The van der Waals surface area contributed by atoms with E-state index in [9.17, 15) is 14.7 Å². The molecule has 4 nitrogen and oxygen atoms in total. The van der Waals surface area contributed by atoms with Gasteiger partial charge in [0.1, 0.15) is 5.78 Å². The molecule has 0 saturated heterocycles. The van der Waals surface area contributed by atoms with Crippen molar-refractivity contribution in [1.82, 2.24) is 0 Å². The number of aliphatic hydroxyl groups is 1. The van der Waals surface area contributed by atoms with Gasteiger partial charge in [0, 0.05) is 18.8 Å². The van der Waals surface area contributed by atoms with Crippen LogP contribution in [0.2, 0.25) is 0 Å². The number of aliphatic carboxylic acids is 1. The Kier molecular flexibility index (Phi) is 11.3. The number of allylic oxidation sites excluding steroid dienone is 3. The molecule has 4 heteroatoms. The topological polar surface area (TPSA) is 74.6 Å². The molecule has 1 saturated carbocycles. The van der Waals surface area contributed by atoms with E-state index in [1.165, 1.54) is 5.56 Å². The average molecular weight is 427 g/mol. The van der Waals surface area contributed by atoms with E-state index in [2.05, 4.69) is 25.1 Å². The summed E-state index contributed by atoms with van der Waals surface area (Å²) in [6.45, 7) is 2.15. The van der Waals surface area contributed by atoms with E-state index in [-0.39, 0.29) is 24.2 Å². The first-order valence-corrected chi connectivity index (χ1v) is 11.8. The van der Waals surface area contributed by atoms with Crippen molar-refractivity contribution >= 4 is 11.8 Å². The lowest BCUT2D eigenvalue weighted by molar-refractivity contribution is -0.137. The zero-order chi connectivity index (χ0) is 22.5. The first-order valence-electron chi connectivity index (χ1n) is 11.8. The highest BCUT2D eigenvalue weighted by Gasteiger charge is 2.39. The fourth-order valence-corrected chi connectivity index (χ4v) is 4.48. The lowest BCUT2D eigenvalue weighted by Crippen LogP contribution is -2.17. The lowest BCUT2D eigenvalue weighted by atomic mass is 9.83. The maximum atomic E-state index is 12.8. The van der Waals surface area contributed by atoms with E-state index in [4.69, 9.17) is 5.11 Å². The summed E-state index contributed by atoms with van der Waals surface area (Å²) < 4.78 is 0. The number of hydrogen-bond acceptors (Lipinski definition) is 3. The van der Waals surface area contributed by atoms with Gasteiger partial charge in [0.15, 0.2) is 0 Å². The molecule has 0 heterocycles. The third kappa shape index (κ3) is 9.22. The molecule has 1 fully saturated rings. The number of benzene rings is 1. The smallest absolute Gasteiger partial charge is 0.303 e. The molecule has 170 valence electrons. The monoisotopic (exact) mass is 426 g/mol. The number of rotatable bonds is 14. The Hall–Kier alpha value is -2.20. The zero-order valence-electron chi connectivity index (χ0n) is 18.8. The summed E-state index contributed by atoms with van der Waals surface area (Å²) in [5.41, 5.74) is 1.24. The van der Waals surface area contributed by atoms with Gasteiger partial charge in [-0.3, -0.25) is 9.59 Å². The normalized spacial score (nSPS) is 22.5. The summed E-state index contributed by atoms with van der Waals surface area (Å²) in [6, 6.07) is 10.3. The first-order chi connectivity index (χ1) is 15.0. The number of aliphatic hydroxyl groups excluding tert-OH is 1. The molecule has 4 unspecified atom stereocenters. The van der Waals surface area contributed by atoms with Crippen molar-refractivity contribution < 1.29 is 19.8 Å². The van der Waals surface area contributed by atoms with Crippen molar-refractivity contribution in [2.24, 2.45) is 17.8 Å². The van der Waals surface area contributed by atoms with Crippen LogP contribution in [0.4, 0.5) is 0 Å². The molecule has 0 radical (unpaired) electrons. The summed E-state index contributed by atoms with van der Waals surface area (Å²) in [4.78, 5) is 23.5. The molecule has 0 aromatic heterocycles. The van der Waals surface area contributed by atoms with Crippen molar-refractivity contribution in [1.29, 1.82) is 0 Å². The second-order valence-corrected chi connectivity index (χ2v) is 8.75. The van der Waals surface area contributed by atoms with Gasteiger partial charge in [-0.1, -0.05) is 80.8 Å². The quantitative estimate of drug-likeness (QED) is 0.293. The minimum Gasteiger partial charge on any atom is -0.481 e. The molecule has 0 amide bonds. The maximum absolute atomic E-state index is 12.8. The Labute approximate surface area is 187 Å². The van der Waals surface area contributed by atoms with Gasteiger partial charge in [-0.25, -0.2) is 0 Å². The number of carbonyl (C=O) groups is 2. The van der Waals surface area contributed by atoms with Crippen LogP contribution in [-0.4, -0.2) is 28.1 Å². The van der Waals surface area contributed by atoms with Crippen LogP contribution < -0.4 is 0 Å². The number of hydrogen-bond donors (Lipinski definition) is 2. The van der Waals surface area contributed by atoms with E-state index in [1.807, 2.05) is 36.4 Å². The maximum Gasteiger partial charge on any atom is 0.303 e. The largest absolute Gasteiger partial charge is 0.481 e. The third-order valence-electron chi connectivity index (χ3n) is 6.20. The van der Waals surface area contributed by atoms with E-state index in [0.29, 0.717) is 25.0 Å². The predicted octanol–water partition coefficient (Wildman–Crippen LogP) is 5.75. The fourth-order valence-electron chi connectivity index (χ4n) is 4.48. The molecule has 0 bridgehead atoms. The second kappa shape index (κ2) is 14.0. The van der Waals surface area contributed by atoms with Gasteiger partial charge in [-0.05, 0) is 49.5 Å². The van der Waals surface area contributed by atoms with Crippen molar-refractivity contribution in [3.8, 4) is 0 Å². The van der Waals surface area contributed by atoms with Gasteiger partial charge in [0.2, 0.25) is 0 Å². The molecule has 1 aliphatic carbocycles. The Morgan fingerprint density at radius 1 is 1.16 bits per heavy atom. The fraction of sp³-hybridized carbons (Fsp3) is 0.556. The van der Waals surface area contributed by atoms with Crippen LogP contribution in [0.3, 0.4) is 0 Å². The molecule has 0 aliphatic heterocycles. The van der Waals surface area contributed by atoms with Gasteiger partial charge in [-0.2, -0.15) is 0 Å². The molecule has 4 atom stereocenters. The Morgan fingerprint density at radius 2 is 1.94 bits per heavy atom. The van der Waals surface area contributed by atoms with Crippen LogP contribution in [-0.2, 0) is 16.0 Å². The van der Waals surface area contributed by atoms with Crippen LogP contribution in [0.1, 0.15) is 70.3 Å². The molecular weight excluding hydrogens is 388 g/mol. The summed E-state index contributed by atoms with van der Waals surface area (Å²) in [6.07, 6.45) is 15.3. The van der Waals surface area contributed by atoms with Gasteiger partial charge >= 0.3 is 5.97 Å². The Bertz CT molecular complexity index is 722. The number of carbonyl (C=O) groups excluding carboxylic acids is 1. The SMILES string of the molecule is CCCCCC(O)C=CC1C(Cc2ccccc2)CC(=O)C1CC=CCCCC(=O)O. The minimum absolute atomic E-state index is 0.0662. The van der Waals surface area contributed by atoms with E-state index < -0.39 is 12.1 Å². The molecule has 2 N–H and O–H groups in total. The molecule has 0 spiro atoms. The Balaban J connectivity index is 2.03. The number of ketones is 1. The van der Waals surface area contributed by atoms with Crippen molar-refractivity contribution in [3.05, 3.63) is 60.2 Å². The van der Waals surface area contributed by atoms with Gasteiger partial charge in [0.05, 0.1) is 6.10 Å². The average Bonchev–Trinajstić information content (AvgIpc) is 3.03. The minimum atomic E-state index is -0.772. The van der Waals surface area contributed by atoms with Gasteiger partial charge in [-0.15, -0.1) is 0 Å². The van der Waals surface area contributed by atoms with E-state index in [0.717, 1.165) is 38.5 Å².